The highest BCUT2D eigenvalue weighted by atomic mass is 16.3. The van der Waals surface area contributed by atoms with Crippen LogP contribution in [0.15, 0.2) is 42.5 Å². The van der Waals surface area contributed by atoms with Gasteiger partial charge in [-0.3, -0.25) is 0 Å². The Bertz CT molecular complexity index is 917. The fourth-order valence-corrected chi connectivity index (χ4v) is 4.56. The molecule has 2 rings (SSSR count). The first-order chi connectivity index (χ1) is 15.6. The van der Waals surface area contributed by atoms with E-state index in [1.165, 1.54) is 22.3 Å². The van der Waals surface area contributed by atoms with E-state index in [-0.39, 0.29) is 24.0 Å². The van der Waals surface area contributed by atoms with Crippen molar-refractivity contribution >= 4 is 6.08 Å². The van der Waals surface area contributed by atoms with Crippen LogP contribution in [-0.2, 0) is 31.5 Å². The lowest BCUT2D eigenvalue weighted by molar-refractivity contribution is 0.106. The van der Waals surface area contributed by atoms with Crippen molar-refractivity contribution in [3.8, 4) is 0 Å². The van der Waals surface area contributed by atoms with Crippen molar-refractivity contribution in [2.75, 3.05) is 0 Å². The highest BCUT2D eigenvalue weighted by Crippen LogP contribution is 2.38. The van der Waals surface area contributed by atoms with Crippen molar-refractivity contribution in [1.82, 2.24) is 0 Å². The SMILES string of the molecule is CCc1cc(C(CC)(CC)CCc2ccc(CO)c(CO)c2)ccc1C=CC(O)C(C)(C)C. The summed E-state index contributed by atoms with van der Waals surface area (Å²) in [4.78, 5) is 0. The van der Waals surface area contributed by atoms with Crippen LogP contribution < -0.4 is 0 Å². The molecule has 1 unspecified atom stereocenters. The molecule has 1 atom stereocenters. The van der Waals surface area contributed by atoms with E-state index in [1.807, 2.05) is 39.0 Å². The standard InChI is InChI=1S/C30H44O3/c1-7-23-19-27(14-12-24(23)13-15-28(33)29(4,5)6)30(8-2,9-3)17-16-22-10-11-25(20-31)26(18-22)21-32/h10-15,18-19,28,31-33H,7-9,16-17,20-21H2,1-6H3. The minimum atomic E-state index is -0.478. The number of aliphatic hydroxyl groups is 3. The summed E-state index contributed by atoms with van der Waals surface area (Å²) in [5.41, 5.74) is 6.60. The van der Waals surface area contributed by atoms with Gasteiger partial charge in [0.15, 0.2) is 0 Å². The average Bonchev–Trinajstić information content (AvgIpc) is 2.82. The summed E-state index contributed by atoms with van der Waals surface area (Å²) >= 11 is 0. The Morgan fingerprint density at radius 1 is 0.848 bits per heavy atom. The van der Waals surface area contributed by atoms with Gasteiger partial charge in [0, 0.05) is 0 Å². The van der Waals surface area contributed by atoms with E-state index >= 15 is 0 Å². The summed E-state index contributed by atoms with van der Waals surface area (Å²) in [7, 11) is 0. The summed E-state index contributed by atoms with van der Waals surface area (Å²) in [6.07, 6.45) is 8.54. The summed E-state index contributed by atoms with van der Waals surface area (Å²) in [5, 5.41) is 29.5. The third-order valence-corrected chi connectivity index (χ3v) is 7.34. The number of aliphatic hydroxyl groups excluding tert-OH is 3. The fraction of sp³-hybridized carbons (Fsp3) is 0.533. The monoisotopic (exact) mass is 452 g/mol. The smallest absolute Gasteiger partial charge is 0.0772 e. The zero-order chi connectivity index (χ0) is 24.6. The number of hydrogen-bond donors (Lipinski definition) is 3. The number of aryl methyl sites for hydroxylation is 2. The van der Waals surface area contributed by atoms with E-state index in [9.17, 15) is 15.3 Å². The summed E-state index contributed by atoms with van der Waals surface area (Å²) in [5.74, 6) is 0. The molecule has 3 N–H and O–H groups in total. The second kappa shape index (κ2) is 12.0. The molecule has 0 amide bonds. The molecule has 33 heavy (non-hydrogen) atoms. The van der Waals surface area contributed by atoms with Crippen molar-refractivity contribution in [2.45, 2.75) is 98.4 Å². The molecule has 0 bridgehead atoms. The van der Waals surface area contributed by atoms with Gasteiger partial charge < -0.3 is 15.3 Å². The Labute approximate surface area is 201 Å². The van der Waals surface area contributed by atoms with Crippen LogP contribution >= 0.6 is 0 Å². The Morgan fingerprint density at radius 2 is 1.52 bits per heavy atom. The number of benzene rings is 2. The molecule has 3 heteroatoms. The van der Waals surface area contributed by atoms with Crippen molar-refractivity contribution < 1.29 is 15.3 Å². The first kappa shape index (κ1) is 27.3. The van der Waals surface area contributed by atoms with Crippen molar-refractivity contribution in [2.24, 2.45) is 5.41 Å². The number of hydrogen-bond acceptors (Lipinski definition) is 3. The van der Waals surface area contributed by atoms with Gasteiger partial charge in [0.05, 0.1) is 19.3 Å². The fourth-order valence-electron chi connectivity index (χ4n) is 4.56. The third kappa shape index (κ3) is 6.79. The predicted molar refractivity (Wildman–Crippen MR) is 139 cm³/mol. The zero-order valence-electron chi connectivity index (χ0n) is 21.5. The molecule has 0 aliphatic rings. The Kier molecular flexibility index (Phi) is 9.90. The molecule has 0 aromatic heterocycles. The van der Waals surface area contributed by atoms with Gasteiger partial charge in [-0.25, -0.2) is 0 Å². The molecular weight excluding hydrogens is 408 g/mol. The van der Waals surface area contributed by atoms with E-state index in [1.54, 1.807) is 0 Å². The first-order valence-electron chi connectivity index (χ1n) is 12.5. The molecule has 182 valence electrons. The minimum absolute atomic E-state index is 0.0442. The third-order valence-electron chi connectivity index (χ3n) is 7.34. The van der Waals surface area contributed by atoms with Crippen LogP contribution in [-0.4, -0.2) is 21.4 Å². The lowest BCUT2D eigenvalue weighted by atomic mass is 9.71. The lowest BCUT2D eigenvalue weighted by Gasteiger charge is -2.33. The number of rotatable bonds is 11. The second-order valence-corrected chi connectivity index (χ2v) is 10.3. The molecule has 2 aromatic carbocycles. The molecule has 0 aliphatic heterocycles. The molecule has 0 spiro atoms. The molecule has 2 aromatic rings. The van der Waals surface area contributed by atoms with Crippen molar-refractivity contribution in [3.05, 3.63) is 75.9 Å². The van der Waals surface area contributed by atoms with E-state index in [4.69, 9.17) is 0 Å². The van der Waals surface area contributed by atoms with Gasteiger partial charge in [-0.1, -0.05) is 90.1 Å². The summed E-state index contributed by atoms with van der Waals surface area (Å²) in [6, 6.07) is 12.9. The molecule has 0 fully saturated rings. The average molecular weight is 453 g/mol. The predicted octanol–water partition coefficient (Wildman–Crippen LogP) is 6.34. The molecule has 3 nitrogen and oxygen atoms in total. The zero-order valence-corrected chi connectivity index (χ0v) is 21.5. The van der Waals surface area contributed by atoms with Gasteiger partial charge >= 0.3 is 0 Å². The van der Waals surface area contributed by atoms with Crippen LogP contribution in [0.25, 0.3) is 6.08 Å². The van der Waals surface area contributed by atoms with Crippen LogP contribution in [0.4, 0.5) is 0 Å². The second-order valence-electron chi connectivity index (χ2n) is 10.3. The van der Waals surface area contributed by atoms with Crippen LogP contribution in [0.1, 0.15) is 94.2 Å². The quantitative estimate of drug-likeness (QED) is 0.372. The lowest BCUT2D eigenvalue weighted by Crippen LogP contribution is -2.25. The van der Waals surface area contributed by atoms with Gasteiger partial charge in [0.2, 0.25) is 0 Å². The van der Waals surface area contributed by atoms with Crippen LogP contribution in [0.3, 0.4) is 0 Å². The normalized spacial score (nSPS) is 13.6. The Morgan fingerprint density at radius 3 is 2.06 bits per heavy atom. The van der Waals surface area contributed by atoms with Crippen molar-refractivity contribution in [1.29, 1.82) is 0 Å². The van der Waals surface area contributed by atoms with Gasteiger partial charge in [0.25, 0.3) is 0 Å². The highest BCUT2D eigenvalue weighted by molar-refractivity contribution is 5.56. The Balaban J connectivity index is 2.31. The van der Waals surface area contributed by atoms with E-state index in [0.29, 0.717) is 0 Å². The van der Waals surface area contributed by atoms with Crippen LogP contribution in [0, 0.1) is 5.41 Å². The molecule has 0 saturated carbocycles. The minimum Gasteiger partial charge on any atom is -0.392 e. The maximum atomic E-state index is 10.4. The molecule has 0 aliphatic carbocycles. The van der Waals surface area contributed by atoms with Gasteiger partial charge in [-0.15, -0.1) is 0 Å². The first-order valence-corrected chi connectivity index (χ1v) is 12.5. The molecule has 0 saturated heterocycles. The topological polar surface area (TPSA) is 60.7 Å². The van der Waals surface area contributed by atoms with E-state index in [2.05, 4.69) is 51.1 Å². The Hall–Kier alpha value is -1.94. The molecule has 0 heterocycles. The van der Waals surface area contributed by atoms with Gasteiger partial charge in [-0.05, 0) is 76.3 Å². The largest absolute Gasteiger partial charge is 0.392 e. The van der Waals surface area contributed by atoms with Gasteiger partial charge in [-0.2, -0.15) is 0 Å². The van der Waals surface area contributed by atoms with Crippen LogP contribution in [0.5, 0.6) is 0 Å². The van der Waals surface area contributed by atoms with E-state index in [0.717, 1.165) is 43.2 Å². The van der Waals surface area contributed by atoms with Crippen LogP contribution in [0.2, 0.25) is 0 Å². The summed E-state index contributed by atoms with van der Waals surface area (Å²) in [6.45, 7) is 12.8. The molecular formula is C30H44O3. The van der Waals surface area contributed by atoms with Crippen molar-refractivity contribution in [3.63, 3.8) is 0 Å². The van der Waals surface area contributed by atoms with E-state index < -0.39 is 6.10 Å². The highest BCUT2D eigenvalue weighted by Gasteiger charge is 2.29. The summed E-state index contributed by atoms with van der Waals surface area (Å²) < 4.78 is 0. The maximum absolute atomic E-state index is 10.4. The van der Waals surface area contributed by atoms with Gasteiger partial charge in [0.1, 0.15) is 0 Å². The maximum Gasteiger partial charge on any atom is 0.0772 e. The molecule has 0 radical (unpaired) electrons.